The van der Waals surface area contributed by atoms with E-state index < -0.39 is 0 Å². The average Bonchev–Trinajstić information content (AvgIpc) is 3.07. The van der Waals surface area contributed by atoms with Crippen molar-refractivity contribution >= 4 is 23.2 Å². The lowest BCUT2D eigenvalue weighted by Gasteiger charge is -2.12. The van der Waals surface area contributed by atoms with Crippen LogP contribution in [0.5, 0.6) is 5.75 Å². The topological polar surface area (TPSA) is 88.4 Å². The monoisotopic (exact) mass is 410 g/mol. The summed E-state index contributed by atoms with van der Waals surface area (Å²) in [4.78, 5) is 12.2. The molecule has 3 rings (SSSR count). The SMILES string of the molecule is Cc1noc(C)c1COc1ccc(C(=O)NNC(=S)NCc2ccccc2)cc1. The van der Waals surface area contributed by atoms with Crippen molar-refractivity contribution in [2.24, 2.45) is 0 Å². The number of thiocarbonyl (C=S) groups is 1. The molecule has 7 nitrogen and oxygen atoms in total. The highest BCUT2D eigenvalue weighted by atomic mass is 32.1. The molecule has 29 heavy (non-hydrogen) atoms. The summed E-state index contributed by atoms with van der Waals surface area (Å²) >= 11 is 5.17. The van der Waals surface area contributed by atoms with Crippen LogP contribution in [0, 0.1) is 13.8 Å². The summed E-state index contributed by atoms with van der Waals surface area (Å²) in [6, 6.07) is 16.7. The maximum Gasteiger partial charge on any atom is 0.269 e. The van der Waals surface area contributed by atoms with Crippen LogP contribution in [0.25, 0.3) is 0 Å². The molecule has 0 spiro atoms. The summed E-state index contributed by atoms with van der Waals surface area (Å²) in [7, 11) is 0. The Hall–Kier alpha value is -3.39. The van der Waals surface area contributed by atoms with E-state index in [1.54, 1.807) is 24.3 Å². The van der Waals surface area contributed by atoms with Gasteiger partial charge in [0.1, 0.15) is 18.1 Å². The van der Waals surface area contributed by atoms with Gasteiger partial charge in [-0.3, -0.25) is 15.6 Å². The van der Waals surface area contributed by atoms with Gasteiger partial charge in [-0.1, -0.05) is 35.5 Å². The van der Waals surface area contributed by atoms with Gasteiger partial charge in [0.25, 0.3) is 5.91 Å². The largest absolute Gasteiger partial charge is 0.489 e. The van der Waals surface area contributed by atoms with Crippen LogP contribution in [0.2, 0.25) is 0 Å². The number of benzene rings is 2. The number of hydrogen-bond acceptors (Lipinski definition) is 5. The summed E-state index contributed by atoms with van der Waals surface area (Å²) in [6.45, 7) is 4.64. The number of aryl methyl sites for hydroxylation is 2. The molecule has 0 radical (unpaired) electrons. The molecule has 8 heteroatoms. The first-order valence-electron chi connectivity index (χ1n) is 9.05. The molecule has 0 aliphatic heterocycles. The van der Waals surface area contributed by atoms with Gasteiger partial charge in [-0.25, -0.2) is 0 Å². The molecule has 0 bridgehead atoms. The van der Waals surface area contributed by atoms with Gasteiger partial charge >= 0.3 is 0 Å². The van der Waals surface area contributed by atoms with Crippen LogP contribution in [0.3, 0.4) is 0 Å². The van der Waals surface area contributed by atoms with Crippen LogP contribution in [0.1, 0.15) is 32.9 Å². The number of ether oxygens (including phenoxy) is 1. The first-order valence-corrected chi connectivity index (χ1v) is 9.46. The minimum atomic E-state index is -0.300. The van der Waals surface area contributed by atoms with Crippen molar-refractivity contribution in [3.8, 4) is 5.75 Å². The van der Waals surface area contributed by atoms with E-state index in [0.29, 0.717) is 29.6 Å². The Balaban J connectivity index is 1.44. The molecule has 0 aliphatic carbocycles. The van der Waals surface area contributed by atoms with Crippen LogP contribution in [0.4, 0.5) is 0 Å². The number of amides is 1. The van der Waals surface area contributed by atoms with Crippen LogP contribution < -0.4 is 20.9 Å². The Labute approximate surface area is 174 Å². The minimum Gasteiger partial charge on any atom is -0.489 e. The zero-order valence-corrected chi connectivity index (χ0v) is 17.0. The molecule has 0 atom stereocenters. The summed E-state index contributed by atoms with van der Waals surface area (Å²) in [5, 5.41) is 7.26. The smallest absolute Gasteiger partial charge is 0.269 e. The molecule has 1 amide bonds. The fraction of sp³-hybridized carbons (Fsp3) is 0.190. The van der Waals surface area contributed by atoms with Crippen molar-refractivity contribution in [2.45, 2.75) is 27.0 Å². The molecule has 150 valence electrons. The van der Waals surface area contributed by atoms with E-state index in [2.05, 4.69) is 21.3 Å². The highest BCUT2D eigenvalue weighted by Gasteiger charge is 2.10. The van der Waals surface area contributed by atoms with E-state index in [1.165, 1.54) is 0 Å². The van der Waals surface area contributed by atoms with Crippen LogP contribution in [-0.2, 0) is 13.2 Å². The van der Waals surface area contributed by atoms with Crippen molar-refractivity contribution in [3.05, 3.63) is 82.7 Å². The van der Waals surface area contributed by atoms with Crippen molar-refractivity contribution in [3.63, 3.8) is 0 Å². The lowest BCUT2D eigenvalue weighted by atomic mass is 10.2. The maximum absolute atomic E-state index is 12.2. The number of nitrogens with one attached hydrogen (secondary N) is 3. The standard InChI is InChI=1S/C21H22N4O3S/c1-14-19(15(2)28-25-14)13-27-18-10-8-17(9-11-18)20(26)23-24-21(29)22-12-16-6-4-3-5-7-16/h3-11H,12-13H2,1-2H3,(H,23,26)(H2,22,24,29). The first kappa shape index (κ1) is 20.3. The number of nitrogens with zero attached hydrogens (tertiary/aromatic N) is 1. The number of carbonyl (C=O) groups excluding carboxylic acids is 1. The fourth-order valence-corrected chi connectivity index (χ4v) is 2.70. The van der Waals surface area contributed by atoms with Gasteiger partial charge < -0.3 is 14.6 Å². The predicted molar refractivity (Wildman–Crippen MR) is 113 cm³/mol. The molecule has 1 aromatic heterocycles. The van der Waals surface area contributed by atoms with Crippen molar-refractivity contribution in [1.29, 1.82) is 0 Å². The normalized spacial score (nSPS) is 10.3. The summed E-state index contributed by atoms with van der Waals surface area (Å²) < 4.78 is 10.9. The Morgan fingerprint density at radius 2 is 1.79 bits per heavy atom. The Morgan fingerprint density at radius 1 is 1.07 bits per heavy atom. The number of hydrogen-bond donors (Lipinski definition) is 3. The third-order valence-electron chi connectivity index (χ3n) is 4.27. The average molecular weight is 410 g/mol. The van der Waals surface area contributed by atoms with E-state index in [-0.39, 0.29) is 5.91 Å². The second-order valence-electron chi connectivity index (χ2n) is 6.36. The second-order valence-corrected chi connectivity index (χ2v) is 6.77. The van der Waals surface area contributed by atoms with Gasteiger partial charge in [0.2, 0.25) is 0 Å². The Bertz CT molecular complexity index is 952. The predicted octanol–water partition coefficient (Wildman–Crippen LogP) is 3.18. The molecular weight excluding hydrogens is 388 g/mol. The quantitative estimate of drug-likeness (QED) is 0.425. The lowest BCUT2D eigenvalue weighted by molar-refractivity contribution is 0.0943. The summed E-state index contributed by atoms with van der Waals surface area (Å²) in [6.07, 6.45) is 0. The zero-order valence-electron chi connectivity index (χ0n) is 16.2. The Morgan fingerprint density at radius 3 is 2.45 bits per heavy atom. The third kappa shape index (κ3) is 5.79. The molecule has 0 saturated carbocycles. The van der Waals surface area contributed by atoms with Crippen molar-refractivity contribution in [2.75, 3.05) is 0 Å². The highest BCUT2D eigenvalue weighted by molar-refractivity contribution is 7.80. The summed E-state index contributed by atoms with van der Waals surface area (Å²) in [5.74, 6) is 1.09. The van der Waals surface area contributed by atoms with Crippen LogP contribution in [-0.4, -0.2) is 16.2 Å². The molecule has 3 N–H and O–H groups in total. The van der Waals surface area contributed by atoms with Crippen LogP contribution >= 0.6 is 12.2 Å². The second kappa shape index (κ2) is 9.70. The van der Waals surface area contributed by atoms with Crippen molar-refractivity contribution in [1.82, 2.24) is 21.3 Å². The molecule has 2 aromatic carbocycles. The van der Waals surface area contributed by atoms with Crippen LogP contribution in [0.15, 0.2) is 59.1 Å². The molecule has 3 aromatic rings. The summed E-state index contributed by atoms with van der Waals surface area (Å²) in [5.41, 5.74) is 8.57. The number of carbonyl (C=O) groups is 1. The van der Waals surface area contributed by atoms with Gasteiger partial charge in [-0.15, -0.1) is 0 Å². The van der Waals surface area contributed by atoms with E-state index in [0.717, 1.165) is 22.6 Å². The highest BCUT2D eigenvalue weighted by Crippen LogP contribution is 2.17. The molecule has 0 saturated heterocycles. The Kier molecular flexibility index (Phi) is 6.80. The van der Waals surface area contributed by atoms with Gasteiger partial charge in [0.15, 0.2) is 5.11 Å². The molecule has 0 aliphatic rings. The van der Waals surface area contributed by atoms with E-state index in [1.807, 2.05) is 44.2 Å². The number of hydrazine groups is 1. The maximum atomic E-state index is 12.2. The van der Waals surface area contributed by atoms with E-state index in [9.17, 15) is 4.79 Å². The van der Waals surface area contributed by atoms with Gasteiger partial charge in [-0.2, -0.15) is 0 Å². The molecule has 0 unspecified atom stereocenters. The van der Waals surface area contributed by atoms with Crippen molar-refractivity contribution < 1.29 is 14.1 Å². The van der Waals surface area contributed by atoms with E-state index in [4.69, 9.17) is 21.5 Å². The molecule has 0 fully saturated rings. The zero-order chi connectivity index (χ0) is 20.6. The number of aromatic nitrogens is 1. The lowest BCUT2D eigenvalue weighted by Crippen LogP contribution is -2.46. The van der Waals surface area contributed by atoms with Gasteiger partial charge in [0, 0.05) is 12.1 Å². The van der Waals surface area contributed by atoms with Gasteiger partial charge in [0.05, 0.1) is 11.3 Å². The number of rotatable bonds is 6. The molecular formula is C21H22N4O3S. The minimum absolute atomic E-state index is 0.300. The first-order chi connectivity index (χ1) is 14.0. The van der Waals surface area contributed by atoms with Gasteiger partial charge in [-0.05, 0) is 55.9 Å². The molecule has 1 heterocycles. The van der Waals surface area contributed by atoms with E-state index >= 15 is 0 Å². The fourth-order valence-electron chi connectivity index (χ4n) is 2.57. The third-order valence-corrected chi connectivity index (χ3v) is 4.51.